The van der Waals surface area contributed by atoms with Gasteiger partial charge in [0.15, 0.2) is 0 Å². The molecule has 1 aliphatic rings. The van der Waals surface area contributed by atoms with Gasteiger partial charge in [0.1, 0.15) is 0 Å². The average Bonchev–Trinajstić information content (AvgIpc) is 3.40. The number of ether oxygens (including phenoxy) is 1. The number of nitrogens with one attached hydrogen (secondary N) is 1. The van der Waals surface area contributed by atoms with Crippen LogP contribution in [0.1, 0.15) is 24.4 Å². The van der Waals surface area contributed by atoms with Gasteiger partial charge in [0.25, 0.3) is 5.89 Å². The molecular formula is C20H20N4O3S. The third-order valence-corrected chi connectivity index (χ3v) is 5.51. The Bertz CT molecular complexity index is 982. The highest BCUT2D eigenvalue weighted by atomic mass is 32.1. The van der Waals surface area contributed by atoms with Crippen molar-refractivity contribution in [3.8, 4) is 10.7 Å². The van der Waals surface area contributed by atoms with Crippen molar-refractivity contribution < 1.29 is 14.1 Å². The zero-order chi connectivity index (χ0) is 19.5. The molecule has 2 aromatic heterocycles. The van der Waals surface area contributed by atoms with Gasteiger partial charge in [-0.25, -0.2) is 4.79 Å². The topological polar surface area (TPSA) is 80.5 Å². The Morgan fingerprint density at radius 3 is 2.79 bits per heavy atom. The lowest BCUT2D eigenvalue weighted by atomic mass is 9.95. The number of nitrogens with zero attached hydrogens (tertiary/aromatic N) is 3. The summed E-state index contributed by atoms with van der Waals surface area (Å²) in [5.74, 6) is 0.939. The van der Waals surface area contributed by atoms with Crippen LogP contribution in [0.4, 0.5) is 4.79 Å². The van der Waals surface area contributed by atoms with Crippen LogP contribution in [0.25, 0.3) is 16.3 Å². The van der Waals surface area contributed by atoms with Crippen molar-refractivity contribution in [1.82, 2.24) is 20.4 Å². The van der Waals surface area contributed by atoms with Gasteiger partial charge >= 0.3 is 6.03 Å². The van der Waals surface area contributed by atoms with E-state index < -0.39 is 0 Å². The first-order chi connectivity index (χ1) is 13.7. The molecule has 0 aliphatic carbocycles. The summed E-state index contributed by atoms with van der Waals surface area (Å²) < 4.78 is 10.8. The summed E-state index contributed by atoms with van der Waals surface area (Å²) in [4.78, 5) is 19.9. The fraction of sp³-hybridized carbons (Fsp3) is 0.250. The van der Waals surface area contributed by atoms with E-state index in [1.807, 2.05) is 54.8 Å². The number of rotatable bonds is 6. The minimum Gasteiger partial charge on any atom is -0.383 e. The number of benzene rings is 1. The first-order valence-electron chi connectivity index (χ1n) is 8.89. The standard InChI is InChI=1S/C20H20N4O3S/c1-13-16(19-22-18(23-27-19)15-9-6-12-28-15)17(14-7-4-3-5-8-14)21-20(25)24(13)10-11-26-2/h3-9,12,17H,10-11H2,1-2H3,(H,21,25). The quantitative estimate of drug-likeness (QED) is 0.683. The number of thiophene rings is 1. The Morgan fingerprint density at radius 1 is 1.25 bits per heavy atom. The van der Waals surface area contributed by atoms with Gasteiger partial charge in [-0.3, -0.25) is 4.90 Å². The van der Waals surface area contributed by atoms with E-state index in [0.717, 1.165) is 21.7 Å². The van der Waals surface area contributed by atoms with E-state index >= 15 is 0 Å². The van der Waals surface area contributed by atoms with Gasteiger partial charge in [-0.1, -0.05) is 41.6 Å². The fourth-order valence-corrected chi connectivity index (χ4v) is 3.89. The van der Waals surface area contributed by atoms with E-state index in [2.05, 4.69) is 15.5 Å². The Labute approximate surface area is 166 Å². The van der Waals surface area contributed by atoms with Gasteiger partial charge in [-0.05, 0) is 23.9 Å². The number of aromatic nitrogens is 2. The summed E-state index contributed by atoms with van der Waals surface area (Å²) in [6.45, 7) is 2.76. The number of amides is 2. The molecule has 0 fully saturated rings. The van der Waals surface area contributed by atoms with E-state index in [1.165, 1.54) is 0 Å². The number of hydrogen-bond donors (Lipinski definition) is 1. The second kappa shape index (κ2) is 7.95. The van der Waals surface area contributed by atoms with Crippen molar-refractivity contribution >= 4 is 22.9 Å². The molecule has 3 aromatic rings. The van der Waals surface area contributed by atoms with Crippen molar-refractivity contribution in [1.29, 1.82) is 0 Å². The van der Waals surface area contributed by atoms with Crippen LogP contribution < -0.4 is 5.32 Å². The summed E-state index contributed by atoms with van der Waals surface area (Å²) in [5.41, 5.74) is 2.51. The van der Waals surface area contributed by atoms with Crippen LogP contribution in [0, 0.1) is 0 Å². The number of carbonyl (C=O) groups is 1. The molecule has 1 atom stereocenters. The maximum atomic E-state index is 12.7. The molecule has 1 N–H and O–H groups in total. The second-order valence-corrected chi connectivity index (χ2v) is 7.28. The van der Waals surface area contributed by atoms with Crippen molar-refractivity contribution in [3.05, 3.63) is 65.0 Å². The molecule has 4 rings (SSSR count). The molecule has 1 aromatic carbocycles. The smallest absolute Gasteiger partial charge is 0.322 e. The molecule has 0 radical (unpaired) electrons. The van der Waals surface area contributed by atoms with Gasteiger partial charge in [0.2, 0.25) is 5.82 Å². The normalized spacial score (nSPS) is 17.1. The third kappa shape index (κ3) is 3.44. The van der Waals surface area contributed by atoms with Crippen LogP contribution in [0.5, 0.6) is 0 Å². The van der Waals surface area contributed by atoms with Crippen molar-refractivity contribution in [2.45, 2.75) is 13.0 Å². The maximum Gasteiger partial charge on any atom is 0.322 e. The highest BCUT2D eigenvalue weighted by molar-refractivity contribution is 7.13. The Hall–Kier alpha value is -2.97. The van der Waals surface area contributed by atoms with Crippen LogP contribution in [0.15, 0.2) is 58.1 Å². The molecule has 7 nitrogen and oxygen atoms in total. The third-order valence-electron chi connectivity index (χ3n) is 4.65. The molecule has 144 valence electrons. The number of urea groups is 1. The monoisotopic (exact) mass is 396 g/mol. The number of hydrogen-bond acceptors (Lipinski definition) is 6. The number of methoxy groups -OCH3 is 1. The van der Waals surface area contributed by atoms with Crippen LogP contribution in [-0.2, 0) is 4.74 Å². The zero-order valence-electron chi connectivity index (χ0n) is 15.6. The van der Waals surface area contributed by atoms with Crippen molar-refractivity contribution in [3.63, 3.8) is 0 Å². The largest absolute Gasteiger partial charge is 0.383 e. The van der Waals surface area contributed by atoms with E-state index in [9.17, 15) is 4.79 Å². The van der Waals surface area contributed by atoms with Gasteiger partial charge in [0.05, 0.1) is 29.6 Å². The van der Waals surface area contributed by atoms with Crippen LogP contribution in [-0.4, -0.2) is 41.3 Å². The summed E-state index contributed by atoms with van der Waals surface area (Å²) in [6.07, 6.45) is 0. The minimum atomic E-state index is -0.371. The number of carbonyl (C=O) groups excluding carboxylic acids is 1. The summed E-state index contributed by atoms with van der Waals surface area (Å²) >= 11 is 1.55. The zero-order valence-corrected chi connectivity index (χ0v) is 16.4. The SMILES string of the molecule is COCCN1C(=O)NC(c2ccccc2)C(c2nc(-c3cccs3)no2)=C1C. The van der Waals surface area contributed by atoms with Crippen LogP contribution >= 0.6 is 11.3 Å². The predicted molar refractivity (Wildman–Crippen MR) is 107 cm³/mol. The highest BCUT2D eigenvalue weighted by Gasteiger charge is 2.35. The molecule has 3 heterocycles. The van der Waals surface area contributed by atoms with E-state index in [0.29, 0.717) is 24.9 Å². The lowest BCUT2D eigenvalue weighted by Crippen LogP contribution is -2.47. The lowest BCUT2D eigenvalue weighted by molar-refractivity contribution is 0.158. The summed E-state index contributed by atoms with van der Waals surface area (Å²) in [6, 6.07) is 13.1. The van der Waals surface area contributed by atoms with Gasteiger partial charge in [-0.2, -0.15) is 4.98 Å². The fourth-order valence-electron chi connectivity index (χ4n) is 3.24. The molecule has 1 aliphatic heterocycles. The first kappa shape index (κ1) is 18.4. The van der Waals surface area contributed by atoms with Gasteiger partial charge in [0, 0.05) is 12.8 Å². The van der Waals surface area contributed by atoms with E-state index in [-0.39, 0.29) is 12.1 Å². The molecular weight excluding hydrogens is 376 g/mol. The predicted octanol–water partition coefficient (Wildman–Crippen LogP) is 3.94. The average molecular weight is 396 g/mol. The first-order valence-corrected chi connectivity index (χ1v) is 9.77. The molecule has 28 heavy (non-hydrogen) atoms. The lowest BCUT2D eigenvalue weighted by Gasteiger charge is -2.35. The van der Waals surface area contributed by atoms with Gasteiger partial charge in [-0.15, -0.1) is 11.3 Å². The summed E-state index contributed by atoms with van der Waals surface area (Å²) in [5, 5.41) is 9.17. The Morgan fingerprint density at radius 2 is 2.07 bits per heavy atom. The van der Waals surface area contributed by atoms with Crippen molar-refractivity contribution in [2.75, 3.05) is 20.3 Å². The number of allylic oxidation sites excluding steroid dienone is 1. The molecule has 8 heteroatoms. The molecule has 0 saturated heterocycles. The molecule has 2 amide bonds. The van der Waals surface area contributed by atoms with Crippen LogP contribution in [0.3, 0.4) is 0 Å². The molecule has 1 unspecified atom stereocenters. The van der Waals surface area contributed by atoms with E-state index in [4.69, 9.17) is 9.26 Å². The molecule has 0 saturated carbocycles. The van der Waals surface area contributed by atoms with Crippen LogP contribution in [0.2, 0.25) is 0 Å². The summed E-state index contributed by atoms with van der Waals surface area (Å²) in [7, 11) is 1.61. The van der Waals surface area contributed by atoms with Gasteiger partial charge < -0.3 is 14.6 Å². The van der Waals surface area contributed by atoms with Crippen molar-refractivity contribution in [2.24, 2.45) is 0 Å². The highest BCUT2D eigenvalue weighted by Crippen LogP contribution is 2.37. The molecule has 0 spiro atoms. The minimum absolute atomic E-state index is 0.176. The van der Waals surface area contributed by atoms with E-state index in [1.54, 1.807) is 23.3 Å². The Balaban J connectivity index is 1.79. The maximum absolute atomic E-state index is 12.7. The second-order valence-electron chi connectivity index (χ2n) is 6.34. The molecule has 0 bridgehead atoms. The Kier molecular flexibility index (Phi) is 5.23.